The molecule has 3 nitrogen and oxygen atoms in total. The van der Waals surface area contributed by atoms with E-state index in [0.717, 1.165) is 18.2 Å². The molecule has 1 atom stereocenters. The van der Waals surface area contributed by atoms with Crippen LogP contribution in [0.4, 0.5) is 14.6 Å². The van der Waals surface area contributed by atoms with Crippen molar-refractivity contribution in [3.63, 3.8) is 0 Å². The summed E-state index contributed by atoms with van der Waals surface area (Å²) in [4.78, 5) is 10.2. The van der Waals surface area contributed by atoms with Gasteiger partial charge in [0.2, 0.25) is 0 Å². The molecule has 0 N–H and O–H groups in total. The molecular weight excluding hydrogens is 308 g/mol. The third-order valence-electron chi connectivity index (χ3n) is 4.70. The normalized spacial score (nSPS) is 16.6. The Hall–Kier alpha value is -2.56. The SMILES string of the molecule is CN(c1nc(C(F)F)nc2ccccc12)C1CCc2ccccc21. The van der Waals surface area contributed by atoms with Crippen molar-refractivity contribution in [3.05, 3.63) is 65.5 Å². The van der Waals surface area contributed by atoms with E-state index in [1.807, 2.05) is 36.2 Å². The second-order valence-electron chi connectivity index (χ2n) is 6.09. The number of anilines is 1. The van der Waals surface area contributed by atoms with Crippen LogP contribution in [0.3, 0.4) is 0 Å². The molecule has 1 unspecified atom stereocenters. The van der Waals surface area contributed by atoms with Gasteiger partial charge in [0.25, 0.3) is 6.43 Å². The molecule has 1 aliphatic rings. The molecule has 1 heterocycles. The van der Waals surface area contributed by atoms with E-state index in [4.69, 9.17) is 0 Å². The van der Waals surface area contributed by atoms with Crippen LogP contribution in [-0.2, 0) is 6.42 Å². The summed E-state index contributed by atoms with van der Waals surface area (Å²) in [6, 6.07) is 15.8. The van der Waals surface area contributed by atoms with E-state index < -0.39 is 12.2 Å². The largest absolute Gasteiger partial charge is 0.352 e. The average Bonchev–Trinajstić information content (AvgIpc) is 3.04. The van der Waals surface area contributed by atoms with Gasteiger partial charge in [-0.05, 0) is 36.1 Å². The van der Waals surface area contributed by atoms with Crippen LogP contribution in [0.5, 0.6) is 0 Å². The quantitative estimate of drug-likeness (QED) is 0.699. The number of hydrogen-bond donors (Lipinski definition) is 0. The van der Waals surface area contributed by atoms with Crippen LogP contribution in [0.15, 0.2) is 48.5 Å². The van der Waals surface area contributed by atoms with E-state index in [1.165, 1.54) is 11.1 Å². The summed E-state index contributed by atoms with van der Waals surface area (Å²) >= 11 is 0. The minimum atomic E-state index is -2.68. The minimum Gasteiger partial charge on any atom is -0.352 e. The lowest BCUT2D eigenvalue weighted by molar-refractivity contribution is 0.141. The molecule has 5 heteroatoms. The van der Waals surface area contributed by atoms with Crippen molar-refractivity contribution in [2.24, 2.45) is 0 Å². The van der Waals surface area contributed by atoms with Gasteiger partial charge < -0.3 is 4.90 Å². The first-order chi connectivity index (χ1) is 11.6. The Bertz CT molecular complexity index is 895. The number of hydrogen-bond acceptors (Lipinski definition) is 3. The fourth-order valence-electron chi connectivity index (χ4n) is 3.53. The average molecular weight is 325 g/mol. The monoisotopic (exact) mass is 325 g/mol. The number of aromatic nitrogens is 2. The van der Waals surface area contributed by atoms with Crippen LogP contribution < -0.4 is 4.90 Å². The lowest BCUT2D eigenvalue weighted by Crippen LogP contribution is -2.24. The van der Waals surface area contributed by atoms with E-state index >= 15 is 0 Å². The predicted molar refractivity (Wildman–Crippen MR) is 90.4 cm³/mol. The Morgan fingerprint density at radius 1 is 1.04 bits per heavy atom. The summed E-state index contributed by atoms with van der Waals surface area (Å²) in [5.41, 5.74) is 3.12. The standard InChI is InChI=1S/C19H17F2N3/c1-24(16-11-10-12-6-2-3-7-13(12)16)19-14-8-4-5-9-15(14)22-18(23-19)17(20)21/h2-9,16-17H,10-11H2,1H3. The Labute approximate surface area is 139 Å². The third-order valence-corrected chi connectivity index (χ3v) is 4.70. The highest BCUT2D eigenvalue weighted by Crippen LogP contribution is 2.38. The highest BCUT2D eigenvalue weighted by Gasteiger charge is 2.28. The maximum Gasteiger partial charge on any atom is 0.297 e. The molecule has 0 aliphatic heterocycles. The summed E-state index contributed by atoms with van der Waals surface area (Å²) in [6.45, 7) is 0. The van der Waals surface area contributed by atoms with Gasteiger partial charge in [0.05, 0.1) is 11.6 Å². The lowest BCUT2D eigenvalue weighted by Gasteiger charge is -2.28. The van der Waals surface area contributed by atoms with Crippen molar-refractivity contribution in [1.82, 2.24) is 9.97 Å². The number of rotatable bonds is 3. The zero-order valence-corrected chi connectivity index (χ0v) is 13.3. The number of alkyl halides is 2. The van der Waals surface area contributed by atoms with E-state index in [1.54, 1.807) is 12.1 Å². The van der Waals surface area contributed by atoms with Gasteiger partial charge in [-0.1, -0.05) is 36.4 Å². The number of benzene rings is 2. The zero-order valence-electron chi connectivity index (χ0n) is 13.3. The Kier molecular flexibility index (Phi) is 3.63. The molecule has 0 spiro atoms. The van der Waals surface area contributed by atoms with Crippen molar-refractivity contribution in [3.8, 4) is 0 Å². The second kappa shape index (κ2) is 5.82. The van der Waals surface area contributed by atoms with Gasteiger partial charge in [-0.15, -0.1) is 0 Å². The fraction of sp³-hybridized carbons (Fsp3) is 0.263. The number of para-hydroxylation sites is 1. The van der Waals surface area contributed by atoms with Crippen molar-refractivity contribution >= 4 is 16.7 Å². The van der Waals surface area contributed by atoms with Crippen LogP contribution >= 0.6 is 0 Å². The van der Waals surface area contributed by atoms with Crippen molar-refractivity contribution in [2.75, 3.05) is 11.9 Å². The summed E-state index contributed by atoms with van der Waals surface area (Å²) < 4.78 is 26.4. The molecule has 1 aromatic heterocycles. The molecule has 24 heavy (non-hydrogen) atoms. The molecule has 122 valence electrons. The van der Waals surface area contributed by atoms with Gasteiger partial charge in [0, 0.05) is 12.4 Å². The van der Waals surface area contributed by atoms with Gasteiger partial charge in [0.15, 0.2) is 5.82 Å². The molecular formula is C19H17F2N3. The number of aryl methyl sites for hydroxylation is 1. The van der Waals surface area contributed by atoms with Crippen LogP contribution in [0.25, 0.3) is 10.9 Å². The first-order valence-electron chi connectivity index (χ1n) is 8.00. The van der Waals surface area contributed by atoms with Crippen LogP contribution in [0.2, 0.25) is 0 Å². The fourth-order valence-corrected chi connectivity index (χ4v) is 3.53. The summed E-state index contributed by atoms with van der Waals surface area (Å²) in [6.07, 6.45) is -0.730. The van der Waals surface area contributed by atoms with E-state index in [2.05, 4.69) is 22.1 Å². The zero-order chi connectivity index (χ0) is 16.7. The van der Waals surface area contributed by atoms with Crippen LogP contribution in [0, 0.1) is 0 Å². The predicted octanol–water partition coefficient (Wildman–Crippen LogP) is 4.69. The molecule has 1 aliphatic carbocycles. The number of fused-ring (bicyclic) bond motifs is 2. The molecule has 0 fully saturated rings. The van der Waals surface area contributed by atoms with E-state index in [9.17, 15) is 8.78 Å². The highest BCUT2D eigenvalue weighted by molar-refractivity contribution is 5.89. The van der Waals surface area contributed by atoms with Crippen molar-refractivity contribution in [2.45, 2.75) is 25.3 Å². The number of halogens is 2. The highest BCUT2D eigenvalue weighted by atomic mass is 19.3. The van der Waals surface area contributed by atoms with Crippen molar-refractivity contribution in [1.29, 1.82) is 0 Å². The van der Waals surface area contributed by atoms with Gasteiger partial charge >= 0.3 is 0 Å². The Morgan fingerprint density at radius 2 is 1.79 bits per heavy atom. The van der Waals surface area contributed by atoms with Gasteiger partial charge in [-0.3, -0.25) is 0 Å². The van der Waals surface area contributed by atoms with Crippen molar-refractivity contribution < 1.29 is 8.78 Å². The lowest BCUT2D eigenvalue weighted by atomic mass is 10.1. The smallest absolute Gasteiger partial charge is 0.297 e. The van der Waals surface area contributed by atoms with Crippen LogP contribution in [-0.4, -0.2) is 17.0 Å². The summed E-state index contributed by atoms with van der Waals surface area (Å²) in [7, 11) is 1.93. The molecule has 0 saturated carbocycles. The molecule has 0 bridgehead atoms. The van der Waals surface area contributed by atoms with E-state index in [-0.39, 0.29) is 6.04 Å². The third kappa shape index (κ3) is 2.40. The van der Waals surface area contributed by atoms with Crippen LogP contribution in [0.1, 0.15) is 35.8 Å². The van der Waals surface area contributed by atoms with Gasteiger partial charge in [0.1, 0.15) is 5.82 Å². The molecule has 0 amide bonds. The summed E-state index contributed by atoms with van der Waals surface area (Å²) in [5, 5.41) is 0.800. The molecule has 0 saturated heterocycles. The molecule has 3 aromatic rings. The van der Waals surface area contributed by atoms with Gasteiger partial charge in [-0.25, -0.2) is 18.7 Å². The maximum atomic E-state index is 13.2. The molecule has 2 aromatic carbocycles. The molecule has 4 rings (SSSR count). The van der Waals surface area contributed by atoms with Gasteiger partial charge in [-0.2, -0.15) is 0 Å². The number of nitrogens with zero attached hydrogens (tertiary/aromatic N) is 3. The topological polar surface area (TPSA) is 29.0 Å². The Balaban J connectivity index is 1.84. The van der Waals surface area contributed by atoms with E-state index in [0.29, 0.717) is 11.3 Å². The summed E-state index contributed by atoms with van der Waals surface area (Å²) in [5.74, 6) is 0.152. The molecule has 0 radical (unpaired) electrons. The maximum absolute atomic E-state index is 13.2. The second-order valence-corrected chi connectivity index (χ2v) is 6.09. The first-order valence-corrected chi connectivity index (χ1v) is 8.00. The first kappa shape index (κ1) is 15.0. The Morgan fingerprint density at radius 3 is 2.62 bits per heavy atom. The minimum absolute atomic E-state index is 0.144.